The molecule has 0 aliphatic heterocycles. The highest BCUT2D eigenvalue weighted by Crippen LogP contribution is 2.30. The van der Waals surface area contributed by atoms with Crippen molar-refractivity contribution in [3.63, 3.8) is 0 Å². The highest BCUT2D eigenvalue weighted by Gasteiger charge is 2.30. The number of aryl methyl sites for hydroxylation is 1. The molecule has 0 saturated heterocycles. The second kappa shape index (κ2) is 7.78. The van der Waals surface area contributed by atoms with E-state index in [9.17, 15) is 10.2 Å². The van der Waals surface area contributed by atoms with E-state index < -0.39 is 18.8 Å². The van der Waals surface area contributed by atoms with Crippen molar-refractivity contribution in [2.75, 3.05) is 13.2 Å². The van der Waals surface area contributed by atoms with Gasteiger partial charge in [-0.2, -0.15) is 10.1 Å². The molecule has 0 spiro atoms. The van der Waals surface area contributed by atoms with Crippen LogP contribution in [-0.2, 0) is 12.1 Å². The van der Waals surface area contributed by atoms with Crippen molar-refractivity contribution in [3.8, 4) is 22.8 Å². The van der Waals surface area contributed by atoms with Crippen LogP contribution in [0, 0.1) is 0 Å². The summed E-state index contributed by atoms with van der Waals surface area (Å²) in [5.41, 5.74) is 6.75. The average Bonchev–Trinajstić information content (AvgIpc) is 3.49. The van der Waals surface area contributed by atoms with E-state index in [2.05, 4.69) is 22.2 Å². The second-order valence-corrected chi connectivity index (χ2v) is 7.10. The van der Waals surface area contributed by atoms with Crippen molar-refractivity contribution >= 4 is 11.0 Å². The fourth-order valence-corrected chi connectivity index (χ4v) is 3.01. The van der Waals surface area contributed by atoms with Crippen LogP contribution in [-0.4, -0.2) is 43.3 Å². The molecular weight excluding hydrogens is 374 g/mol. The molecule has 9 heteroatoms. The van der Waals surface area contributed by atoms with E-state index in [0.717, 1.165) is 35.9 Å². The molecule has 152 valence electrons. The Morgan fingerprint density at radius 3 is 2.76 bits per heavy atom. The SMILES string of the molecule is CCCCn1cc(-c2nc(-c3ccc4oc(C(N)(CO)CO)cc4c3)no2)cn1. The number of nitrogens with zero attached hydrogens (tertiary/aromatic N) is 4. The number of unbranched alkanes of at least 4 members (excludes halogenated alkanes) is 1. The largest absolute Gasteiger partial charge is 0.459 e. The molecule has 0 radical (unpaired) electrons. The van der Waals surface area contributed by atoms with Crippen LogP contribution in [0.2, 0.25) is 0 Å². The summed E-state index contributed by atoms with van der Waals surface area (Å²) in [7, 11) is 0. The van der Waals surface area contributed by atoms with E-state index in [1.165, 1.54) is 0 Å². The zero-order valence-corrected chi connectivity index (χ0v) is 16.1. The van der Waals surface area contributed by atoms with Gasteiger partial charge in [0, 0.05) is 23.7 Å². The monoisotopic (exact) mass is 397 g/mol. The Balaban J connectivity index is 1.61. The molecule has 3 aromatic heterocycles. The Kier molecular flexibility index (Phi) is 5.18. The quantitative estimate of drug-likeness (QED) is 0.412. The zero-order valence-electron chi connectivity index (χ0n) is 16.1. The zero-order chi connectivity index (χ0) is 20.4. The topological polar surface area (TPSA) is 136 Å². The lowest BCUT2D eigenvalue weighted by atomic mass is 10.00. The van der Waals surface area contributed by atoms with Gasteiger partial charge in [0.15, 0.2) is 0 Å². The van der Waals surface area contributed by atoms with Crippen LogP contribution in [0.1, 0.15) is 25.5 Å². The van der Waals surface area contributed by atoms with Crippen LogP contribution >= 0.6 is 0 Å². The summed E-state index contributed by atoms with van der Waals surface area (Å²) in [6.07, 6.45) is 5.76. The molecule has 0 fully saturated rings. The first-order valence-corrected chi connectivity index (χ1v) is 9.48. The van der Waals surface area contributed by atoms with E-state index >= 15 is 0 Å². The second-order valence-electron chi connectivity index (χ2n) is 7.10. The summed E-state index contributed by atoms with van der Waals surface area (Å²) >= 11 is 0. The first-order chi connectivity index (χ1) is 14.1. The van der Waals surface area contributed by atoms with Gasteiger partial charge in [-0.05, 0) is 30.7 Å². The maximum absolute atomic E-state index is 9.47. The Morgan fingerprint density at radius 1 is 1.17 bits per heavy atom. The molecule has 1 aromatic carbocycles. The van der Waals surface area contributed by atoms with Crippen molar-refractivity contribution in [3.05, 3.63) is 42.4 Å². The molecule has 29 heavy (non-hydrogen) atoms. The Hall–Kier alpha value is -3.01. The third-order valence-electron chi connectivity index (χ3n) is 4.88. The van der Waals surface area contributed by atoms with Crippen molar-refractivity contribution in [1.29, 1.82) is 0 Å². The van der Waals surface area contributed by atoms with Crippen molar-refractivity contribution in [1.82, 2.24) is 19.9 Å². The van der Waals surface area contributed by atoms with Gasteiger partial charge in [-0.1, -0.05) is 18.5 Å². The van der Waals surface area contributed by atoms with E-state index in [1.807, 2.05) is 23.0 Å². The molecular formula is C20H23N5O4. The van der Waals surface area contributed by atoms with Crippen molar-refractivity contribution in [2.24, 2.45) is 5.73 Å². The number of furan rings is 1. The number of rotatable bonds is 8. The minimum absolute atomic E-state index is 0.308. The first-order valence-electron chi connectivity index (χ1n) is 9.48. The Morgan fingerprint density at radius 2 is 2.00 bits per heavy atom. The van der Waals surface area contributed by atoms with Crippen LogP contribution < -0.4 is 5.73 Å². The fourth-order valence-electron chi connectivity index (χ4n) is 3.01. The standard InChI is InChI=1S/C20H23N5O4/c1-2-3-6-25-10-15(9-22-25)19-23-18(24-29-19)13-4-5-16-14(7-13)8-17(28-16)20(21,11-26)12-27/h4-5,7-10,26-27H,2-3,6,11-12,21H2,1H3. The van der Waals surface area contributed by atoms with E-state index in [0.29, 0.717) is 23.1 Å². The highest BCUT2D eigenvalue weighted by atomic mass is 16.5. The smallest absolute Gasteiger partial charge is 0.261 e. The fraction of sp³-hybridized carbons (Fsp3) is 0.350. The van der Waals surface area contributed by atoms with Gasteiger partial charge in [-0.15, -0.1) is 0 Å². The summed E-state index contributed by atoms with van der Waals surface area (Å²) in [5.74, 6) is 1.15. The molecule has 3 heterocycles. The lowest BCUT2D eigenvalue weighted by Crippen LogP contribution is -2.43. The van der Waals surface area contributed by atoms with Gasteiger partial charge in [0.05, 0.1) is 25.0 Å². The molecule has 0 aliphatic rings. The third kappa shape index (κ3) is 3.67. The minimum atomic E-state index is -1.34. The molecule has 0 amide bonds. The molecule has 4 N–H and O–H groups in total. The summed E-state index contributed by atoms with van der Waals surface area (Å²) in [4.78, 5) is 4.47. The summed E-state index contributed by atoms with van der Waals surface area (Å²) < 4.78 is 13.0. The molecule has 4 rings (SSSR count). The van der Waals surface area contributed by atoms with E-state index in [-0.39, 0.29) is 0 Å². The lowest BCUT2D eigenvalue weighted by molar-refractivity contribution is 0.105. The highest BCUT2D eigenvalue weighted by molar-refractivity contribution is 5.83. The van der Waals surface area contributed by atoms with Crippen molar-refractivity contribution < 1.29 is 19.2 Å². The average molecular weight is 397 g/mol. The van der Waals surface area contributed by atoms with Gasteiger partial charge >= 0.3 is 0 Å². The van der Waals surface area contributed by atoms with E-state index in [1.54, 1.807) is 18.3 Å². The van der Waals surface area contributed by atoms with Gasteiger partial charge in [-0.25, -0.2) is 0 Å². The third-order valence-corrected chi connectivity index (χ3v) is 4.88. The number of aromatic nitrogens is 4. The van der Waals surface area contributed by atoms with Gasteiger partial charge in [0.25, 0.3) is 5.89 Å². The maximum Gasteiger partial charge on any atom is 0.261 e. The van der Waals surface area contributed by atoms with Crippen molar-refractivity contribution in [2.45, 2.75) is 31.8 Å². The predicted octanol–water partition coefficient (Wildman–Crippen LogP) is 2.29. The predicted molar refractivity (Wildman–Crippen MR) is 106 cm³/mol. The van der Waals surface area contributed by atoms with Crippen LogP contribution in [0.4, 0.5) is 0 Å². The minimum Gasteiger partial charge on any atom is -0.459 e. The van der Waals surface area contributed by atoms with Crippen LogP contribution in [0.15, 0.2) is 45.6 Å². The summed E-state index contributed by atoms with van der Waals surface area (Å²) in [5, 5.41) is 28.1. The molecule has 4 aromatic rings. The number of hydrogen-bond acceptors (Lipinski definition) is 8. The molecule has 0 atom stereocenters. The maximum atomic E-state index is 9.47. The number of nitrogens with two attached hydrogens (primary N) is 1. The van der Waals surface area contributed by atoms with Gasteiger partial charge < -0.3 is 24.9 Å². The van der Waals surface area contributed by atoms with Crippen LogP contribution in [0.3, 0.4) is 0 Å². The van der Waals surface area contributed by atoms with Gasteiger partial charge in [0.2, 0.25) is 5.82 Å². The Labute approximate surface area is 166 Å². The number of hydrogen-bond donors (Lipinski definition) is 3. The normalized spacial score (nSPS) is 12.1. The summed E-state index contributed by atoms with van der Waals surface area (Å²) in [6.45, 7) is 2.11. The number of benzene rings is 1. The number of fused-ring (bicyclic) bond motifs is 1. The van der Waals surface area contributed by atoms with E-state index in [4.69, 9.17) is 14.7 Å². The molecule has 0 aliphatic carbocycles. The summed E-state index contributed by atoms with van der Waals surface area (Å²) in [6, 6.07) is 7.12. The number of aliphatic hydroxyl groups is 2. The van der Waals surface area contributed by atoms with Crippen LogP contribution in [0.25, 0.3) is 33.8 Å². The lowest BCUT2D eigenvalue weighted by Gasteiger charge is -2.21. The molecule has 9 nitrogen and oxygen atoms in total. The first kappa shape index (κ1) is 19.3. The number of aliphatic hydroxyl groups excluding tert-OH is 2. The molecule has 0 saturated carbocycles. The molecule has 0 bridgehead atoms. The van der Waals surface area contributed by atoms with Crippen LogP contribution in [0.5, 0.6) is 0 Å². The molecule has 0 unspecified atom stereocenters. The van der Waals surface area contributed by atoms with Gasteiger partial charge in [0.1, 0.15) is 16.9 Å². The van der Waals surface area contributed by atoms with Gasteiger partial charge in [-0.3, -0.25) is 4.68 Å². The Bertz CT molecular complexity index is 1110.